The second-order valence-corrected chi connectivity index (χ2v) is 6.24. The van der Waals surface area contributed by atoms with E-state index in [2.05, 4.69) is 20.5 Å². The van der Waals surface area contributed by atoms with Crippen molar-refractivity contribution in [2.24, 2.45) is 0 Å². The maximum Gasteiger partial charge on any atom is 0.278 e. The van der Waals surface area contributed by atoms with E-state index in [9.17, 15) is 4.79 Å². The van der Waals surface area contributed by atoms with E-state index in [0.29, 0.717) is 10.8 Å². The van der Waals surface area contributed by atoms with Crippen LogP contribution in [0, 0.1) is 6.92 Å². The summed E-state index contributed by atoms with van der Waals surface area (Å²) in [5.74, 6) is -0.246. The average Bonchev–Trinajstić information content (AvgIpc) is 3.02. The van der Waals surface area contributed by atoms with E-state index >= 15 is 0 Å². The summed E-state index contributed by atoms with van der Waals surface area (Å²) in [7, 11) is 0. The molecule has 20 heavy (non-hydrogen) atoms. The molecule has 0 saturated carbocycles. The minimum absolute atomic E-state index is 0.246. The first-order valence-electron chi connectivity index (χ1n) is 5.95. The number of aromatic amines is 1. The predicted octanol–water partition coefficient (Wildman–Crippen LogP) is 3.30. The highest BCUT2D eigenvalue weighted by Gasteiger charge is 2.16. The van der Waals surface area contributed by atoms with Crippen LogP contribution < -0.4 is 5.32 Å². The van der Waals surface area contributed by atoms with Gasteiger partial charge in [0.25, 0.3) is 5.91 Å². The van der Waals surface area contributed by atoms with Crippen LogP contribution in [0.2, 0.25) is 0 Å². The summed E-state index contributed by atoms with van der Waals surface area (Å²) in [6.07, 6.45) is 1.99. The van der Waals surface area contributed by atoms with E-state index in [1.54, 1.807) is 11.8 Å². The molecule has 102 valence electrons. The van der Waals surface area contributed by atoms with Gasteiger partial charge >= 0.3 is 0 Å². The number of benzene rings is 1. The number of aryl methyl sites for hydroxylation is 1. The number of thioether (sulfide) groups is 1. The summed E-state index contributed by atoms with van der Waals surface area (Å²) in [6, 6.07) is 7.54. The standard InChI is InChI=1S/C13H12N4OS2/c1-7-12(19-2)20-13(14-7)15-11(18)10-8-5-3-4-6-9(8)16-17-10/h3-6H,1-2H3,(H,16,17)(H,14,15,18). The van der Waals surface area contributed by atoms with Gasteiger partial charge in [0.15, 0.2) is 10.8 Å². The molecule has 0 bridgehead atoms. The number of H-pyrrole nitrogens is 1. The fraction of sp³-hybridized carbons (Fsp3) is 0.154. The van der Waals surface area contributed by atoms with Crippen LogP contribution in [-0.4, -0.2) is 27.3 Å². The highest BCUT2D eigenvalue weighted by Crippen LogP contribution is 2.30. The van der Waals surface area contributed by atoms with E-state index in [1.165, 1.54) is 11.3 Å². The van der Waals surface area contributed by atoms with Gasteiger partial charge in [-0.3, -0.25) is 15.2 Å². The number of aromatic nitrogens is 3. The van der Waals surface area contributed by atoms with Gasteiger partial charge in [0.1, 0.15) is 0 Å². The number of anilines is 1. The monoisotopic (exact) mass is 304 g/mol. The second kappa shape index (κ2) is 5.26. The summed E-state index contributed by atoms with van der Waals surface area (Å²) < 4.78 is 1.10. The maximum atomic E-state index is 12.3. The van der Waals surface area contributed by atoms with E-state index in [0.717, 1.165) is 20.8 Å². The van der Waals surface area contributed by atoms with Gasteiger partial charge in [-0.15, -0.1) is 11.8 Å². The summed E-state index contributed by atoms with van der Waals surface area (Å²) in [4.78, 5) is 16.6. The summed E-state index contributed by atoms with van der Waals surface area (Å²) in [5, 5.41) is 11.1. The Hall–Kier alpha value is -1.86. The lowest BCUT2D eigenvalue weighted by Gasteiger charge is -1.98. The van der Waals surface area contributed by atoms with Gasteiger partial charge in [-0.1, -0.05) is 29.5 Å². The molecule has 2 heterocycles. The first-order chi connectivity index (χ1) is 9.69. The maximum absolute atomic E-state index is 12.3. The molecule has 0 aliphatic heterocycles. The zero-order chi connectivity index (χ0) is 14.1. The quantitative estimate of drug-likeness (QED) is 0.728. The number of hydrogen-bond acceptors (Lipinski definition) is 5. The Morgan fingerprint density at radius 2 is 2.20 bits per heavy atom. The summed E-state index contributed by atoms with van der Waals surface area (Å²) >= 11 is 3.10. The Morgan fingerprint density at radius 3 is 2.95 bits per heavy atom. The molecule has 0 atom stereocenters. The zero-order valence-corrected chi connectivity index (χ0v) is 12.6. The van der Waals surface area contributed by atoms with Gasteiger partial charge in [0.2, 0.25) is 0 Å². The van der Waals surface area contributed by atoms with Crippen molar-refractivity contribution in [3.63, 3.8) is 0 Å². The fourth-order valence-corrected chi connectivity index (χ4v) is 3.52. The molecular weight excluding hydrogens is 292 g/mol. The van der Waals surface area contributed by atoms with Crippen molar-refractivity contribution in [2.45, 2.75) is 11.1 Å². The van der Waals surface area contributed by atoms with Gasteiger partial charge in [-0.05, 0) is 19.2 Å². The number of rotatable bonds is 3. The lowest BCUT2D eigenvalue weighted by Crippen LogP contribution is -2.12. The van der Waals surface area contributed by atoms with E-state index in [4.69, 9.17) is 0 Å². The lowest BCUT2D eigenvalue weighted by molar-refractivity contribution is 0.102. The van der Waals surface area contributed by atoms with E-state index < -0.39 is 0 Å². The smallest absolute Gasteiger partial charge is 0.278 e. The normalized spacial score (nSPS) is 10.9. The molecule has 3 rings (SSSR count). The molecular formula is C13H12N4OS2. The molecule has 1 amide bonds. The largest absolute Gasteiger partial charge is 0.296 e. The third kappa shape index (κ3) is 2.30. The molecule has 2 aromatic heterocycles. The van der Waals surface area contributed by atoms with Crippen LogP contribution in [0.3, 0.4) is 0 Å². The third-order valence-electron chi connectivity index (χ3n) is 2.85. The number of carbonyl (C=O) groups is 1. The highest BCUT2D eigenvalue weighted by molar-refractivity contribution is 8.00. The molecule has 0 unspecified atom stereocenters. The third-order valence-corrected chi connectivity index (χ3v) is 5.13. The number of nitrogens with zero attached hydrogens (tertiary/aromatic N) is 2. The number of nitrogens with one attached hydrogen (secondary N) is 2. The summed E-state index contributed by atoms with van der Waals surface area (Å²) in [5.41, 5.74) is 2.17. The number of hydrogen-bond donors (Lipinski definition) is 2. The van der Waals surface area contributed by atoms with Gasteiger partial charge < -0.3 is 0 Å². The van der Waals surface area contributed by atoms with Crippen LogP contribution >= 0.6 is 23.1 Å². The number of fused-ring (bicyclic) bond motifs is 1. The van der Waals surface area contributed by atoms with Crippen molar-refractivity contribution in [3.8, 4) is 0 Å². The molecule has 0 radical (unpaired) electrons. The molecule has 2 N–H and O–H groups in total. The van der Waals surface area contributed by atoms with Crippen LogP contribution in [0.25, 0.3) is 10.9 Å². The second-order valence-electron chi connectivity index (χ2n) is 4.17. The Balaban J connectivity index is 1.89. The SMILES string of the molecule is CSc1sc(NC(=O)c2n[nH]c3ccccc23)nc1C. The zero-order valence-electron chi connectivity index (χ0n) is 10.9. The molecule has 0 aliphatic carbocycles. The van der Waals surface area contributed by atoms with Crippen molar-refractivity contribution in [3.05, 3.63) is 35.7 Å². The van der Waals surface area contributed by atoms with Gasteiger partial charge in [0, 0.05) is 5.39 Å². The highest BCUT2D eigenvalue weighted by atomic mass is 32.2. The number of thiazole rings is 1. The van der Waals surface area contributed by atoms with Crippen molar-refractivity contribution >= 4 is 45.0 Å². The van der Waals surface area contributed by atoms with Crippen LogP contribution in [0.1, 0.15) is 16.2 Å². The van der Waals surface area contributed by atoms with Crippen LogP contribution in [0.15, 0.2) is 28.5 Å². The number of carbonyl (C=O) groups excluding carboxylic acids is 1. The van der Waals surface area contributed by atoms with Crippen LogP contribution in [0.5, 0.6) is 0 Å². The number of para-hydroxylation sites is 1. The Kier molecular flexibility index (Phi) is 3.45. The molecule has 3 aromatic rings. The van der Waals surface area contributed by atoms with Crippen molar-refractivity contribution in [1.29, 1.82) is 0 Å². The average molecular weight is 304 g/mol. The van der Waals surface area contributed by atoms with Crippen LogP contribution in [0.4, 0.5) is 5.13 Å². The Morgan fingerprint density at radius 1 is 1.40 bits per heavy atom. The molecule has 5 nitrogen and oxygen atoms in total. The van der Waals surface area contributed by atoms with Gasteiger partial charge in [-0.25, -0.2) is 4.98 Å². The molecule has 0 fully saturated rings. The fourth-order valence-electron chi connectivity index (χ4n) is 1.92. The molecule has 0 aliphatic rings. The first kappa shape index (κ1) is 13.1. The minimum Gasteiger partial charge on any atom is -0.296 e. The summed E-state index contributed by atoms with van der Waals surface area (Å²) in [6.45, 7) is 1.93. The molecule has 0 saturated heterocycles. The molecule has 0 spiro atoms. The molecule has 7 heteroatoms. The number of amides is 1. The van der Waals surface area contributed by atoms with Crippen molar-refractivity contribution in [1.82, 2.24) is 15.2 Å². The molecule has 1 aromatic carbocycles. The van der Waals surface area contributed by atoms with Crippen molar-refractivity contribution < 1.29 is 4.79 Å². The Bertz CT molecular complexity index is 778. The van der Waals surface area contributed by atoms with Crippen LogP contribution in [-0.2, 0) is 0 Å². The first-order valence-corrected chi connectivity index (χ1v) is 7.99. The van der Waals surface area contributed by atoms with Gasteiger partial charge in [0.05, 0.1) is 15.4 Å². The predicted molar refractivity (Wildman–Crippen MR) is 82.7 cm³/mol. The van der Waals surface area contributed by atoms with E-state index in [-0.39, 0.29) is 5.91 Å². The van der Waals surface area contributed by atoms with Gasteiger partial charge in [-0.2, -0.15) is 5.10 Å². The minimum atomic E-state index is -0.246. The lowest BCUT2D eigenvalue weighted by atomic mass is 10.2. The van der Waals surface area contributed by atoms with Crippen molar-refractivity contribution in [2.75, 3.05) is 11.6 Å². The Labute approximate surface area is 123 Å². The van der Waals surface area contributed by atoms with E-state index in [1.807, 2.05) is 37.4 Å². The topological polar surface area (TPSA) is 70.7 Å².